The molecule has 0 saturated heterocycles. The van der Waals surface area contributed by atoms with Gasteiger partial charge in [-0.25, -0.2) is 4.40 Å². The lowest BCUT2D eigenvalue weighted by Gasteiger charge is -2.26. The summed E-state index contributed by atoms with van der Waals surface area (Å²) >= 11 is 2.91. The summed E-state index contributed by atoms with van der Waals surface area (Å²) in [7, 11) is 1.78. The van der Waals surface area contributed by atoms with Crippen LogP contribution in [-0.2, 0) is 35.5 Å². The molecule has 3 aromatic heterocycles. The van der Waals surface area contributed by atoms with Gasteiger partial charge in [-0.3, -0.25) is 14.2 Å². The number of ether oxygens (including phenoxy) is 1. The molecular formula is C30H31N5O3S2. The molecule has 2 aromatic carbocycles. The van der Waals surface area contributed by atoms with Crippen molar-refractivity contribution in [1.82, 2.24) is 19.2 Å². The van der Waals surface area contributed by atoms with Gasteiger partial charge in [0.25, 0.3) is 5.56 Å². The van der Waals surface area contributed by atoms with Gasteiger partial charge in [0.05, 0.1) is 23.8 Å². The number of benzene rings is 2. The van der Waals surface area contributed by atoms with Crippen molar-refractivity contribution >= 4 is 50.7 Å². The number of thiophene rings is 1. The van der Waals surface area contributed by atoms with Crippen LogP contribution in [0.15, 0.2) is 70.6 Å². The van der Waals surface area contributed by atoms with Crippen molar-refractivity contribution < 1.29 is 9.53 Å². The number of carbonyl (C=O) groups excluding carboxylic acids is 1. The summed E-state index contributed by atoms with van der Waals surface area (Å²) in [5, 5.41) is 10.3. The quantitative estimate of drug-likeness (QED) is 0.237. The molecule has 206 valence electrons. The molecule has 0 fully saturated rings. The molecule has 0 unspecified atom stereocenters. The van der Waals surface area contributed by atoms with Gasteiger partial charge in [-0.1, -0.05) is 74.1 Å². The molecule has 0 aliphatic carbocycles. The van der Waals surface area contributed by atoms with Gasteiger partial charge in [0.15, 0.2) is 5.16 Å². The van der Waals surface area contributed by atoms with Crippen LogP contribution in [0.5, 0.6) is 0 Å². The molecule has 0 saturated carbocycles. The monoisotopic (exact) mass is 573 g/mol. The molecule has 40 heavy (non-hydrogen) atoms. The van der Waals surface area contributed by atoms with Crippen LogP contribution < -0.4 is 10.5 Å². The zero-order valence-electron chi connectivity index (χ0n) is 22.7. The van der Waals surface area contributed by atoms with E-state index < -0.39 is 0 Å². The Kier molecular flexibility index (Phi) is 7.48. The van der Waals surface area contributed by atoms with Crippen molar-refractivity contribution in [3.63, 3.8) is 0 Å². The third-order valence-corrected chi connectivity index (χ3v) is 9.58. The van der Waals surface area contributed by atoms with E-state index in [2.05, 4.69) is 36.2 Å². The number of nitrogens with zero attached hydrogens (tertiary/aromatic N) is 5. The van der Waals surface area contributed by atoms with Gasteiger partial charge in [-0.15, -0.1) is 21.5 Å². The number of hydrogen-bond acceptors (Lipinski definition) is 7. The highest BCUT2D eigenvalue weighted by Crippen LogP contribution is 2.37. The maximum absolute atomic E-state index is 14.1. The van der Waals surface area contributed by atoms with Crippen LogP contribution >= 0.6 is 23.1 Å². The Morgan fingerprint density at radius 2 is 1.85 bits per heavy atom. The fourth-order valence-electron chi connectivity index (χ4n) is 5.12. The lowest BCUT2D eigenvalue weighted by molar-refractivity contribution is -0.115. The van der Waals surface area contributed by atoms with Crippen LogP contribution in [0.1, 0.15) is 29.9 Å². The first-order valence-corrected chi connectivity index (χ1v) is 15.2. The van der Waals surface area contributed by atoms with Crippen molar-refractivity contribution in [2.75, 3.05) is 17.7 Å². The first-order chi connectivity index (χ1) is 19.4. The topological polar surface area (TPSA) is 81.7 Å². The molecule has 1 aliphatic heterocycles. The fraction of sp³-hybridized carbons (Fsp3) is 0.333. The molecule has 5 aromatic rings. The number of hydrogen-bond donors (Lipinski definition) is 0. The highest BCUT2D eigenvalue weighted by molar-refractivity contribution is 7.99. The Balaban J connectivity index is 1.41. The molecule has 1 aliphatic rings. The minimum Gasteiger partial charge on any atom is -0.372 e. The molecule has 1 amide bonds. The van der Waals surface area contributed by atoms with Crippen LogP contribution in [0.3, 0.4) is 0 Å². The molecule has 4 heterocycles. The number of fused-ring (bicyclic) bond motifs is 5. The van der Waals surface area contributed by atoms with Crippen molar-refractivity contribution in [2.24, 2.45) is 5.92 Å². The first kappa shape index (κ1) is 26.7. The van der Waals surface area contributed by atoms with E-state index in [4.69, 9.17) is 4.74 Å². The van der Waals surface area contributed by atoms with E-state index in [1.165, 1.54) is 11.8 Å². The van der Waals surface area contributed by atoms with Gasteiger partial charge in [0.2, 0.25) is 11.7 Å². The maximum Gasteiger partial charge on any atom is 0.263 e. The average Bonchev–Trinajstić information content (AvgIpc) is 3.57. The number of carbonyl (C=O) groups is 1. The van der Waals surface area contributed by atoms with Crippen LogP contribution in [-0.4, -0.2) is 44.0 Å². The zero-order chi connectivity index (χ0) is 27.8. The molecule has 0 radical (unpaired) electrons. The van der Waals surface area contributed by atoms with E-state index in [1.807, 2.05) is 52.9 Å². The van der Waals surface area contributed by atoms with Crippen molar-refractivity contribution in [3.8, 4) is 0 Å². The molecule has 10 heteroatoms. The van der Waals surface area contributed by atoms with Gasteiger partial charge in [-0.2, -0.15) is 0 Å². The van der Waals surface area contributed by atoms with Crippen LogP contribution in [0.4, 0.5) is 5.69 Å². The Morgan fingerprint density at radius 1 is 1.12 bits per heavy atom. The maximum atomic E-state index is 14.1. The van der Waals surface area contributed by atoms with E-state index in [1.54, 1.807) is 27.9 Å². The SMILES string of the molecule is CC(C)[C@@H]1Cc2c(sc3c2c(=O)n(CCc2ccccc2)c2nnc(SCC(=O)N(C)c4ccccc4)n32)CO1. The second-order valence-electron chi connectivity index (χ2n) is 10.4. The number of aromatic nitrogens is 4. The van der Waals surface area contributed by atoms with E-state index in [-0.39, 0.29) is 23.3 Å². The fourth-order valence-corrected chi connectivity index (χ4v) is 7.26. The normalized spacial score (nSPS) is 15.2. The Hall–Kier alpha value is -3.47. The minimum absolute atomic E-state index is 0.0378. The molecule has 0 bridgehead atoms. The van der Waals surface area contributed by atoms with Crippen LogP contribution in [0.2, 0.25) is 0 Å². The zero-order valence-corrected chi connectivity index (χ0v) is 24.4. The summed E-state index contributed by atoms with van der Waals surface area (Å²) in [6, 6.07) is 19.7. The lowest BCUT2D eigenvalue weighted by Crippen LogP contribution is -2.29. The Morgan fingerprint density at radius 3 is 2.58 bits per heavy atom. The second kappa shape index (κ2) is 11.2. The predicted molar refractivity (Wildman–Crippen MR) is 160 cm³/mol. The van der Waals surface area contributed by atoms with Gasteiger partial charge < -0.3 is 9.64 Å². The van der Waals surface area contributed by atoms with Crippen molar-refractivity contribution in [1.29, 1.82) is 0 Å². The van der Waals surface area contributed by atoms with Gasteiger partial charge >= 0.3 is 0 Å². The summed E-state index contributed by atoms with van der Waals surface area (Å²) < 4.78 is 9.86. The standard InChI is InChI=1S/C30H31N5O3S2/c1-19(2)23-16-22-24(17-38-23)40-28-26(22)27(37)34(15-14-20-10-6-4-7-11-20)29-31-32-30(35(28)29)39-18-25(36)33(3)21-12-8-5-9-13-21/h4-13,19,23H,14-18H2,1-3H3/t23-/m0/s1. The third-order valence-electron chi connectivity index (χ3n) is 7.48. The summed E-state index contributed by atoms with van der Waals surface area (Å²) in [6.07, 6.45) is 1.47. The molecule has 8 nitrogen and oxygen atoms in total. The molecule has 0 N–H and O–H groups in total. The van der Waals surface area contributed by atoms with E-state index in [0.29, 0.717) is 42.8 Å². The predicted octanol–water partition coefficient (Wildman–Crippen LogP) is 5.20. The van der Waals surface area contributed by atoms with Crippen molar-refractivity contribution in [2.45, 2.75) is 51.1 Å². The summed E-state index contributed by atoms with van der Waals surface area (Å²) in [5.41, 5.74) is 3.03. The highest BCUT2D eigenvalue weighted by atomic mass is 32.2. The highest BCUT2D eigenvalue weighted by Gasteiger charge is 2.30. The number of para-hydroxylation sites is 1. The summed E-state index contributed by atoms with van der Waals surface area (Å²) in [4.78, 5) is 30.7. The smallest absolute Gasteiger partial charge is 0.263 e. The summed E-state index contributed by atoms with van der Waals surface area (Å²) in [5.74, 6) is 1.00. The number of rotatable bonds is 8. The van der Waals surface area contributed by atoms with E-state index >= 15 is 0 Å². The Labute approximate surface area is 240 Å². The van der Waals surface area contributed by atoms with Crippen LogP contribution in [0, 0.1) is 5.92 Å². The first-order valence-electron chi connectivity index (χ1n) is 13.4. The number of thioether (sulfide) groups is 1. The van der Waals surface area contributed by atoms with E-state index in [9.17, 15) is 9.59 Å². The molecule has 1 atom stereocenters. The minimum atomic E-state index is -0.0414. The van der Waals surface area contributed by atoms with Crippen LogP contribution in [0.25, 0.3) is 16.0 Å². The van der Waals surface area contributed by atoms with E-state index in [0.717, 1.165) is 31.9 Å². The number of anilines is 1. The molecule has 0 spiro atoms. The second-order valence-corrected chi connectivity index (χ2v) is 12.4. The van der Waals surface area contributed by atoms with Gasteiger partial charge in [0.1, 0.15) is 4.83 Å². The third kappa shape index (κ3) is 4.95. The largest absolute Gasteiger partial charge is 0.372 e. The molecule has 6 rings (SSSR count). The lowest BCUT2D eigenvalue weighted by atomic mass is 9.96. The van der Waals surface area contributed by atoms with Gasteiger partial charge in [-0.05, 0) is 35.6 Å². The number of aryl methyl sites for hydroxylation is 2. The molecular weight excluding hydrogens is 542 g/mol. The van der Waals surface area contributed by atoms with Gasteiger partial charge in [0, 0.05) is 30.6 Å². The average molecular weight is 574 g/mol. The van der Waals surface area contributed by atoms with Crippen molar-refractivity contribution in [3.05, 3.63) is 87.0 Å². The Bertz CT molecular complexity index is 1730. The summed E-state index contributed by atoms with van der Waals surface area (Å²) in [6.45, 7) is 5.28. The number of amides is 1.